The molecule has 0 aliphatic carbocycles. The second-order valence-electron chi connectivity index (χ2n) is 5.32. The van der Waals surface area contributed by atoms with E-state index in [0.717, 1.165) is 49.9 Å². The Morgan fingerprint density at radius 3 is 2.30 bits per heavy atom. The number of rotatable bonds is 10. The number of anilines is 2. The van der Waals surface area contributed by atoms with Gasteiger partial charge < -0.3 is 10.2 Å². The molecule has 1 heterocycles. The number of aryl methyl sites for hydroxylation is 1. The molecule has 0 amide bonds. The van der Waals surface area contributed by atoms with Gasteiger partial charge in [0.25, 0.3) is 0 Å². The summed E-state index contributed by atoms with van der Waals surface area (Å²) in [6, 6.07) is 2.03. The number of hydrogen-bond acceptors (Lipinski definition) is 4. The summed E-state index contributed by atoms with van der Waals surface area (Å²) >= 11 is 0. The van der Waals surface area contributed by atoms with E-state index in [1.54, 1.807) is 0 Å². The molecule has 0 fully saturated rings. The van der Waals surface area contributed by atoms with Crippen molar-refractivity contribution < 1.29 is 0 Å². The van der Waals surface area contributed by atoms with Gasteiger partial charge in [-0.2, -0.15) is 4.98 Å². The molecular weight excluding hydrogens is 248 g/mol. The van der Waals surface area contributed by atoms with E-state index in [-0.39, 0.29) is 0 Å². The van der Waals surface area contributed by atoms with E-state index in [0.29, 0.717) is 0 Å². The van der Waals surface area contributed by atoms with Gasteiger partial charge in [-0.15, -0.1) is 0 Å². The van der Waals surface area contributed by atoms with Crippen LogP contribution in [0.3, 0.4) is 0 Å². The zero-order valence-corrected chi connectivity index (χ0v) is 13.6. The van der Waals surface area contributed by atoms with Gasteiger partial charge in [0.05, 0.1) is 0 Å². The van der Waals surface area contributed by atoms with Crippen LogP contribution in [-0.4, -0.2) is 29.6 Å². The van der Waals surface area contributed by atoms with Crippen LogP contribution < -0.4 is 10.2 Å². The van der Waals surface area contributed by atoms with Crippen LogP contribution in [-0.2, 0) is 0 Å². The van der Waals surface area contributed by atoms with Crippen LogP contribution in [0.2, 0.25) is 0 Å². The van der Waals surface area contributed by atoms with Gasteiger partial charge in [-0.1, -0.05) is 33.6 Å². The van der Waals surface area contributed by atoms with E-state index in [2.05, 4.69) is 41.0 Å². The summed E-state index contributed by atoms with van der Waals surface area (Å²) in [5.74, 6) is 1.83. The van der Waals surface area contributed by atoms with Crippen LogP contribution >= 0.6 is 0 Å². The van der Waals surface area contributed by atoms with Crippen molar-refractivity contribution in [1.82, 2.24) is 9.97 Å². The van der Waals surface area contributed by atoms with Gasteiger partial charge >= 0.3 is 0 Å². The fraction of sp³-hybridized carbons (Fsp3) is 0.750. The standard InChI is InChI=1S/C16H30N4/c1-5-8-9-10-17-15-13-14(4)18-16(19-15)20(11-6-2)12-7-3/h13H,5-12H2,1-4H3,(H,17,18,19). The first kappa shape index (κ1) is 16.7. The van der Waals surface area contributed by atoms with Gasteiger partial charge in [0.15, 0.2) is 0 Å². The average molecular weight is 278 g/mol. The summed E-state index contributed by atoms with van der Waals surface area (Å²) in [5.41, 5.74) is 1.03. The van der Waals surface area contributed by atoms with E-state index in [1.165, 1.54) is 19.3 Å². The lowest BCUT2D eigenvalue weighted by Gasteiger charge is -2.22. The molecule has 0 spiro atoms. The zero-order chi connectivity index (χ0) is 14.8. The molecule has 0 bridgehead atoms. The highest BCUT2D eigenvalue weighted by Crippen LogP contribution is 2.14. The van der Waals surface area contributed by atoms with Crippen molar-refractivity contribution in [3.8, 4) is 0 Å². The molecule has 0 aromatic carbocycles. The highest BCUT2D eigenvalue weighted by atomic mass is 15.3. The fourth-order valence-electron chi connectivity index (χ4n) is 2.23. The summed E-state index contributed by atoms with van der Waals surface area (Å²) in [4.78, 5) is 11.5. The number of nitrogens with one attached hydrogen (secondary N) is 1. The zero-order valence-electron chi connectivity index (χ0n) is 13.6. The predicted octanol–water partition coefficient (Wildman–Crippen LogP) is 4.01. The predicted molar refractivity (Wildman–Crippen MR) is 87.6 cm³/mol. The summed E-state index contributed by atoms with van der Waals surface area (Å²) < 4.78 is 0. The minimum atomic E-state index is 0.867. The molecule has 0 radical (unpaired) electrons. The second kappa shape index (κ2) is 9.56. The van der Waals surface area contributed by atoms with E-state index >= 15 is 0 Å². The SMILES string of the molecule is CCCCCNc1cc(C)nc(N(CCC)CCC)n1. The normalized spacial score (nSPS) is 10.6. The Balaban J connectivity index is 2.72. The number of aromatic nitrogens is 2. The van der Waals surface area contributed by atoms with Crippen molar-refractivity contribution in [3.05, 3.63) is 11.8 Å². The lowest BCUT2D eigenvalue weighted by molar-refractivity contribution is 0.717. The van der Waals surface area contributed by atoms with Crippen molar-refractivity contribution in [2.45, 2.75) is 59.8 Å². The van der Waals surface area contributed by atoms with Crippen molar-refractivity contribution in [1.29, 1.82) is 0 Å². The molecule has 0 aliphatic heterocycles. The maximum atomic E-state index is 4.67. The topological polar surface area (TPSA) is 41.1 Å². The average Bonchev–Trinajstić information content (AvgIpc) is 2.43. The lowest BCUT2D eigenvalue weighted by atomic mass is 10.2. The molecule has 1 N–H and O–H groups in total. The molecule has 20 heavy (non-hydrogen) atoms. The molecular formula is C16H30N4. The maximum Gasteiger partial charge on any atom is 0.227 e. The van der Waals surface area contributed by atoms with Crippen molar-refractivity contribution >= 4 is 11.8 Å². The molecule has 114 valence electrons. The van der Waals surface area contributed by atoms with Crippen molar-refractivity contribution in [2.24, 2.45) is 0 Å². The van der Waals surface area contributed by atoms with Crippen LogP contribution in [0.4, 0.5) is 11.8 Å². The third-order valence-electron chi connectivity index (χ3n) is 3.20. The highest BCUT2D eigenvalue weighted by molar-refractivity contribution is 5.43. The molecule has 0 saturated carbocycles. The Labute approximate surface area is 124 Å². The molecule has 0 aliphatic rings. The third kappa shape index (κ3) is 5.76. The monoisotopic (exact) mass is 278 g/mol. The second-order valence-corrected chi connectivity index (χ2v) is 5.32. The summed E-state index contributed by atoms with van der Waals surface area (Å²) in [5, 5.41) is 3.42. The molecule has 0 atom stereocenters. The first-order chi connectivity index (χ1) is 9.71. The van der Waals surface area contributed by atoms with Crippen molar-refractivity contribution in [3.63, 3.8) is 0 Å². The first-order valence-corrected chi connectivity index (χ1v) is 8.05. The molecule has 4 heteroatoms. The number of unbranched alkanes of at least 4 members (excludes halogenated alkanes) is 2. The van der Waals surface area contributed by atoms with E-state index < -0.39 is 0 Å². The number of nitrogens with zero attached hydrogens (tertiary/aromatic N) is 3. The Hall–Kier alpha value is -1.32. The largest absolute Gasteiger partial charge is 0.370 e. The molecule has 1 aromatic rings. The Kier molecular flexibility index (Phi) is 8.00. The Morgan fingerprint density at radius 1 is 1.00 bits per heavy atom. The summed E-state index contributed by atoms with van der Waals surface area (Å²) in [7, 11) is 0. The van der Waals surface area contributed by atoms with Crippen molar-refractivity contribution in [2.75, 3.05) is 29.9 Å². The van der Waals surface area contributed by atoms with Crippen LogP contribution in [0.15, 0.2) is 6.07 Å². The fourth-order valence-corrected chi connectivity index (χ4v) is 2.23. The smallest absolute Gasteiger partial charge is 0.227 e. The van der Waals surface area contributed by atoms with Gasteiger partial charge in [0.1, 0.15) is 5.82 Å². The van der Waals surface area contributed by atoms with Gasteiger partial charge in [-0.05, 0) is 26.2 Å². The molecule has 1 rings (SSSR count). The van der Waals surface area contributed by atoms with Crippen LogP contribution in [0, 0.1) is 6.92 Å². The van der Waals surface area contributed by atoms with Gasteiger partial charge in [0, 0.05) is 31.4 Å². The van der Waals surface area contributed by atoms with E-state index in [4.69, 9.17) is 0 Å². The van der Waals surface area contributed by atoms with Crippen LogP contribution in [0.5, 0.6) is 0 Å². The van der Waals surface area contributed by atoms with Crippen LogP contribution in [0.1, 0.15) is 58.6 Å². The van der Waals surface area contributed by atoms with Gasteiger partial charge in [-0.25, -0.2) is 4.98 Å². The van der Waals surface area contributed by atoms with Gasteiger partial charge in [-0.3, -0.25) is 0 Å². The quantitative estimate of drug-likeness (QED) is 0.656. The molecule has 0 unspecified atom stereocenters. The van der Waals surface area contributed by atoms with E-state index in [1.807, 2.05) is 13.0 Å². The maximum absolute atomic E-state index is 4.67. The van der Waals surface area contributed by atoms with E-state index in [9.17, 15) is 0 Å². The van der Waals surface area contributed by atoms with Gasteiger partial charge in [0.2, 0.25) is 5.95 Å². The Morgan fingerprint density at radius 2 is 1.70 bits per heavy atom. The Bertz CT molecular complexity index is 373. The first-order valence-electron chi connectivity index (χ1n) is 8.05. The number of hydrogen-bond donors (Lipinski definition) is 1. The summed E-state index contributed by atoms with van der Waals surface area (Å²) in [6.07, 6.45) is 5.95. The minimum absolute atomic E-state index is 0.867. The molecule has 1 aromatic heterocycles. The third-order valence-corrected chi connectivity index (χ3v) is 3.20. The lowest BCUT2D eigenvalue weighted by Crippen LogP contribution is -2.27. The molecule has 0 saturated heterocycles. The summed E-state index contributed by atoms with van der Waals surface area (Å²) in [6.45, 7) is 11.7. The highest BCUT2D eigenvalue weighted by Gasteiger charge is 2.09. The van der Waals surface area contributed by atoms with Crippen LogP contribution in [0.25, 0.3) is 0 Å². The minimum Gasteiger partial charge on any atom is -0.370 e. The molecule has 4 nitrogen and oxygen atoms in total.